The lowest BCUT2D eigenvalue weighted by Gasteiger charge is -2.28. The van der Waals surface area contributed by atoms with Gasteiger partial charge in [0.05, 0.1) is 17.9 Å². The molecule has 1 saturated heterocycles. The number of rotatable bonds is 3. The topological polar surface area (TPSA) is 66.8 Å². The Labute approximate surface area is 170 Å². The van der Waals surface area contributed by atoms with E-state index in [1.54, 1.807) is 17.1 Å². The second kappa shape index (κ2) is 9.59. The Kier molecular flexibility index (Phi) is 6.92. The minimum atomic E-state index is -0.506. The molecule has 1 fully saturated rings. The highest BCUT2D eigenvalue weighted by Crippen LogP contribution is 2.25. The molecule has 1 aliphatic rings. The van der Waals surface area contributed by atoms with Crippen molar-refractivity contribution in [3.05, 3.63) is 53.1 Å². The van der Waals surface area contributed by atoms with Crippen molar-refractivity contribution in [1.82, 2.24) is 24.6 Å². The van der Waals surface area contributed by atoms with E-state index in [-0.39, 0.29) is 5.91 Å². The third-order valence-electron chi connectivity index (χ3n) is 4.94. The molecule has 1 aliphatic heterocycles. The van der Waals surface area contributed by atoms with Gasteiger partial charge in [0, 0.05) is 13.1 Å². The predicted molar refractivity (Wildman–Crippen MR) is 114 cm³/mol. The predicted octanol–water partition coefficient (Wildman–Crippen LogP) is 4.51. The Bertz CT molecular complexity index is 958. The molecule has 1 atom stereocenters. The molecule has 1 aromatic carbocycles. The first-order chi connectivity index (χ1) is 13.8. The summed E-state index contributed by atoms with van der Waals surface area (Å²) in [7, 11) is 0. The van der Waals surface area contributed by atoms with E-state index in [0.29, 0.717) is 10.3 Å². The number of nitrogens with zero attached hydrogens (tertiary/aromatic N) is 4. The van der Waals surface area contributed by atoms with Gasteiger partial charge in [0.15, 0.2) is 5.65 Å². The van der Waals surface area contributed by atoms with Crippen LogP contribution in [0.25, 0.3) is 11.0 Å². The highest BCUT2D eigenvalue weighted by molar-refractivity contribution is 7.71. The lowest BCUT2D eigenvalue weighted by atomic mass is 10.0. The van der Waals surface area contributed by atoms with Crippen LogP contribution in [-0.4, -0.2) is 43.6 Å². The minimum absolute atomic E-state index is 0.0823. The van der Waals surface area contributed by atoms with Crippen molar-refractivity contribution in [3.8, 4) is 0 Å². The van der Waals surface area contributed by atoms with Gasteiger partial charge in [-0.05, 0) is 18.4 Å². The number of fused-ring (bicyclic) bond motifs is 1. The zero-order valence-corrected chi connectivity index (χ0v) is 17.3. The molecule has 3 aromatic rings. The third kappa shape index (κ3) is 4.14. The molecule has 7 heteroatoms. The molecule has 6 nitrogen and oxygen atoms in total. The Balaban J connectivity index is 0.00000109. The first-order valence-corrected chi connectivity index (χ1v) is 10.4. The van der Waals surface area contributed by atoms with Crippen molar-refractivity contribution in [2.24, 2.45) is 0 Å². The van der Waals surface area contributed by atoms with Gasteiger partial charge in [-0.15, -0.1) is 0 Å². The number of nitrogens with one attached hydrogen (secondary N) is 1. The molecule has 3 heterocycles. The van der Waals surface area contributed by atoms with Crippen LogP contribution in [0, 0.1) is 4.64 Å². The monoisotopic (exact) mass is 397 g/mol. The largest absolute Gasteiger partial charge is 0.341 e. The fourth-order valence-electron chi connectivity index (χ4n) is 3.55. The number of hydrogen-bond donors (Lipinski definition) is 1. The number of H-pyrrole nitrogens is 1. The maximum Gasteiger partial charge on any atom is 0.250 e. The first kappa shape index (κ1) is 20.2. The number of carbonyl (C=O) groups is 1. The second-order valence-electron chi connectivity index (χ2n) is 6.64. The molecular formula is C21H27N5OS. The van der Waals surface area contributed by atoms with E-state index in [2.05, 4.69) is 15.2 Å². The quantitative estimate of drug-likeness (QED) is 0.661. The lowest BCUT2D eigenvalue weighted by molar-refractivity contribution is -0.133. The van der Waals surface area contributed by atoms with Crippen LogP contribution in [0.1, 0.15) is 51.1 Å². The number of amides is 1. The first-order valence-electron chi connectivity index (χ1n) is 9.99. The summed E-state index contributed by atoms with van der Waals surface area (Å²) in [5.74, 6) is 0.0823. The van der Waals surface area contributed by atoms with Gasteiger partial charge in [-0.25, -0.2) is 4.98 Å². The molecule has 2 aromatic heterocycles. The second-order valence-corrected chi connectivity index (χ2v) is 7.03. The Morgan fingerprint density at radius 3 is 2.46 bits per heavy atom. The minimum Gasteiger partial charge on any atom is -0.341 e. The Morgan fingerprint density at radius 1 is 1.11 bits per heavy atom. The van der Waals surface area contributed by atoms with Crippen LogP contribution in [-0.2, 0) is 4.79 Å². The maximum absolute atomic E-state index is 13.5. The summed E-state index contributed by atoms with van der Waals surface area (Å²) in [5.41, 5.74) is 1.56. The van der Waals surface area contributed by atoms with Crippen molar-refractivity contribution >= 4 is 29.2 Å². The third-order valence-corrected chi connectivity index (χ3v) is 5.37. The summed E-state index contributed by atoms with van der Waals surface area (Å²) in [6, 6.07) is 9.29. The fourth-order valence-corrected chi connectivity index (χ4v) is 3.85. The van der Waals surface area contributed by atoms with Crippen LogP contribution in [0.4, 0.5) is 0 Å². The number of aromatic nitrogens is 4. The summed E-state index contributed by atoms with van der Waals surface area (Å²) < 4.78 is 2.37. The standard InChI is InChI=1S/C19H21N5OS.C2H6/c25-18(23-10-6-1-2-7-11-23)16(14-8-4-3-5-9-14)24-13-20-17-15(19(24)26)12-21-22-17;1-2/h3-5,8-9,12-13,16H,1-2,6-7,10-11H2,(H,21,22);1-2H3. The van der Waals surface area contributed by atoms with Crippen molar-refractivity contribution < 1.29 is 4.79 Å². The van der Waals surface area contributed by atoms with Crippen LogP contribution in [0.5, 0.6) is 0 Å². The number of benzene rings is 1. The summed E-state index contributed by atoms with van der Waals surface area (Å²) >= 11 is 5.66. The van der Waals surface area contributed by atoms with Crippen LogP contribution in [0.15, 0.2) is 42.9 Å². The molecule has 4 rings (SSSR count). The van der Waals surface area contributed by atoms with Gasteiger partial charge in [0.1, 0.15) is 10.7 Å². The molecule has 1 N–H and O–H groups in total. The van der Waals surface area contributed by atoms with E-state index in [9.17, 15) is 4.79 Å². The van der Waals surface area contributed by atoms with E-state index in [4.69, 9.17) is 12.2 Å². The molecule has 0 saturated carbocycles. The van der Waals surface area contributed by atoms with E-state index in [1.165, 1.54) is 12.8 Å². The summed E-state index contributed by atoms with van der Waals surface area (Å²) in [5, 5.41) is 7.61. The fraction of sp³-hybridized carbons (Fsp3) is 0.429. The van der Waals surface area contributed by atoms with Crippen molar-refractivity contribution in [1.29, 1.82) is 0 Å². The maximum atomic E-state index is 13.5. The van der Waals surface area contributed by atoms with Crippen LogP contribution in [0.2, 0.25) is 0 Å². The summed E-state index contributed by atoms with van der Waals surface area (Å²) in [6.45, 7) is 5.60. The van der Waals surface area contributed by atoms with Gasteiger partial charge in [0.2, 0.25) is 5.91 Å². The number of aromatic amines is 1. The molecule has 0 spiro atoms. The molecule has 0 bridgehead atoms. The highest BCUT2D eigenvalue weighted by Gasteiger charge is 2.28. The lowest BCUT2D eigenvalue weighted by Crippen LogP contribution is -2.38. The average Bonchev–Trinajstić information content (AvgIpc) is 3.06. The van der Waals surface area contributed by atoms with Gasteiger partial charge in [-0.3, -0.25) is 9.89 Å². The Hall–Kier alpha value is -2.54. The summed E-state index contributed by atoms with van der Waals surface area (Å²) in [4.78, 5) is 19.9. The van der Waals surface area contributed by atoms with Gasteiger partial charge in [-0.1, -0.05) is 69.2 Å². The van der Waals surface area contributed by atoms with Gasteiger partial charge in [-0.2, -0.15) is 5.10 Å². The smallest absolute Gasteiger partial charge is 0.250 e. The SMILES string of the molecule is CC.O=C(C(c1ccccc1)n1cnc2[nH]ncc2c1=S)N1CCCCCC1. The van der Waals surface area contributed by atoms with Crippen LogP contribution < -0.4 is 0 Å². The zero-order valence-electron chi connectivity index (χ0n) is 16.5. The zero-order chi connectivity index (χ0) is 19.9. The van der Waals surface area contributed by atoms with Gasteiger partial charge in [0.25, 0.3) is 0 Å². The molecule has 1 amide bonds. The van der Waals surface area contributed by atoms with Crippen LogP contribution >= 0.6 is 12.2 Å². The number of hydrogen-bond acceptors (Lipinski definition) is 4. The number of likely N-dealkylation sites (tertiary alicyclic amines) is 1. The van der Waals surface area contributed by atoms with E-state index in [1.807, 2.05) is 49.1 Å². The van der Waals surface area contributed by atoms with E-state index < -0.39 is 6.04 Å². The molecular weight excluding hydrogens is 370 g/mol. The molecule has 28 heavy (non-hydrogen) atoms. The highest BCUT2D eigenvalue weighted by atomic mass is 32.1. The normalized spacial score (nSPS) is 15.4. The Morgan fingerprint density at radius 2 is 1.79 bits per heavy atom. The van der Waals surface area contributed by atoms with Crippen molar-refractivity contribution in [2.45, 2.75) is 45.6 Å². The summed E-state index contributed by atoms with van der Waals surface area (Å²) in [6.07, 6.45) is 7.79. The molecule has 0 aliphatic carbocycles. The average molecular weight is 398 g/mol. The van der Waals surface area contributed by atoms with E-state index in [0.717, 1.165) is 36.9 Å². The van der Waals surface area contributed by atoms with Gasteiger partial charge < -0.3 is 9.47 Å². The van der Waals surface area contributed by atoms with Crippen molar-refractivity contribution in [3.63, 3.8) is 0 Å². The molecule has 0 radical (unpaired) electrons. The van der Waals surface area contributed by atoms with E-state index >= 15 is 0 Å². The van der Waals surface area contributed by atoms with Crippen molar-refractivity contribution in [2.75, 3.05) is 13.1 Å². The number of carbonyl (C=O) groups excluding carboxylic acids is 1. The van der Waals surface area contributed by atoms with Crippen LogP contribution in [0.3, 0.4) is 0 Å². The van der Waals surface area contributed by atoms with Gasteiger partial charge >= 0.3 is 0 Å². The molecule has 1 unspecified atom stereocenters. The molecule has 148 valence electrons.